The Hall–Kier alpha value is -1.57. The summed E-state index contributed by atoms with van der Waals surface area (Å²) in [6, 6.07) is 0. The summed E-state index contributed by atoms with van der Waals surface area (Å²) in [5.74, 6) is 1.56. The molecule has 0 bridgehead atoms. The average molecular weight is 525 g/mol. The monoisotopic (exact) mass is 525 g/mol. The molecule has 0 saturated carbocycles. The van der Waals surface area contributed by atoms with Crippen LogP contribution in [0.5, 0.6) is 0 Å². The normalized spacial score (nSPS) is 30.8. The maximum Gasteiger partial charge on any atom is 0.490 e. The Balaban J connectivity index is 2.28. The molecule has 17 nitrogen and oxygen atoms in total. The molecule has 2 rings (SSSR count). The molecule has 7 atom stereocenters. The van der Waals surface area contributed by atoms with Gasteiger partial charge < -0.3 is 29.4 Å². The molecule has 0 aliphatic carbocycles. The second-order valence-corrected chi connectivity index (χ2v) is 10.5. The van der Waals surface area contributed by atoms with E-state index < -0.39 is 65.1 Å². The fourth-order valence-electron chi connectivity index (χ4n) is 2.59. The zero-order valence-electron chi connectivity index (χ0n) is 15.5. The second-order valence-electron chi connectivity index (χ2n) is 6.10. The van der Waals surface area contributed by atoms with Gasteiger partial charge in [-0.05, 0) is 6.92 Å². The number of alkyl halides is 1. The van der Waals surface area contributed by atoms with Crippen molar-refractivity contribution in [2.24, 2.45) is 0 Å². The topological polar surface area (TPSA) is 257 Å². The second kappa shape index (κ2) is 8.99. The number of phosphoric ester groups is 1. The highest BCUT2D eigenvalue weighted by molar-refractivity contribution is 7.66. The molecule has 32 heavy (non-hydrogen) atoms. The summed E-state index contributed by atoms with van der Waals surface area (Å²) in [4.78, 5) is 63.6. The van der Waals surface area contributed by atoms with Crippen molar-refractivity contribution in [3.05, 3.63) is 27.3 Å². The van der Waals surface area contributed by atoms with Crippen LogP contribution in [0.3, 0.4) is 0 Å². The first-order valence-electron chi connectivity index (χ1n) is 7.90. The van der Waals surface area contributed by atoms with Gasteiger partial charge in [0.25, 0.3) is 0 Å². The minimum Gasteiger partial charge on any atom is -0.386 e. The predicted molar refractivity (Wildman–Crippen MR) is 96.1 cm³/mol. The molecule has 1 aromatic rings. The van der Waals surface area contributed by atoms with Gasteiger partial charge in [0.05, 0.1) is 6.10 Å². The van der Waals surface area contributed by atoms with Crippen molar-refractivity contribution in [3.8, 4) is 12.3 Å². The number of H-pyrrole nitrogens is 1. The van der Waals surface area contributed by atoms with Crippen LogP contribution in [0.15, 0.2) is 15.9 Å². The van der Waals surface area contributed by atoms with Gasteiger partial charge in [-0.3, -0.25) is 14.1 Å². The van der Waals surface area contributed by atoms with Gasteiger partial charge >= 0.3 is 34.8 Å². The van der Waals surface area contributed by atoms with E-state index in [1.807, 2.05) is 0 Å². The number of terminal acetylenes is 1. The van der Waals surface area contributed by atoms with Gasteiger partial charge in [0.2, 0.25) is 5.67 Å². The molecule has 21 heteroatoms. The summed E-state index contributed by atoms with van der Waals surface area (Å²) >= 11 is 0. The van der Waals surface area contributed by atoms with Gasteiger partial charge in [-0.15, -0.1) is 6.42 Å². The maximum absolute atomic E-state index is 15.3. The van der Waals surface area contributed by atoms with Crippen molar-refractivity contribution in [2.45, 2.75) is 37.1 Å². The lowest BCUT2D eigenvalue weighted by Gasteiger charge is -2.25. The van der Waals surface area contributed by atoms with Gasteiger partial charge in [-0.2, -0.15) is 13.6 Å². The van der Waals surface area contributed by atoms with E-state index in [2.05, 4.69) is 18.1 Å². The largest absolute Gasteiger partial charge is 0.490 e. The fourth-order valence-corrected chi connectivity index (χ4v) is 5.79. The van der Waals surface area contributed by atoms with Gasteiger partial charge in [-0.1, -0.05) is 5.92 Å². The molecule has 1 saturated heterocycles. The summed E-state index contributed by atoms with van der Waals surface area (Å²) in [7, 11) is -17.1. The van der Waals surface area contributed by atoms with E-state index >= 15 is 4.39 Å². The van der Waals surface area contributed by atoms with E-state index in [4.69, 9.17) is 25.8 Å². The quantitative estimate of drug-likeness (QED) is 0.163. The summed E-state index contributed by atoms with van der Waals surface area (Å²) < 4.78 is 66.2. The van der Waals surface area contributed by atoms with Crippen molar-refractivity contribution in [3.63, 3.8) is 0 Å². The molecule has 0 spiro atoms. The number of ether oxygens (including phenoxy) is 1. The Bertz CT molecular complexity index is 1170. The molecule has 1 aliphatic heterocycles. The number of nitrogens with one attached hydrogen (secondary N) is 1. The lowest BCUT2D eigenvalue weighted by Crippen LogP contribution is -2.46. The van der Waals surface area contributed by atoms with E-state index in [-0.39, 0.29) is 0 Å². The first-order chi connectivity index (χ1) is 14.4. The zero-order chi connectivity index (χ0) is 24.7. The third-order valence-electron chi connectivity index (χ3n) is 3.79. The highest BCUT2D eigenvalue weighted by Crippen LogP contribution is 2.66. The maximum atomic E-state index is 15.3. The van der Waals surface area contributed by atoms with Crippen LogP contribution in [0.1, 0.15) is 13.2 Å². The van der Waals surface area contributed by atoms with Crippen LogP contribution in [0, 0.1) is 12.3 Å². The first kappa shape index (κ1) is 26.7. The van der Waals surface area contributed by atoms with Crippen molar-refractivity contribution >= 4 is 23.5 Å². The molecular formula is C11H15FN3O14P3. The standard InChI is InChI=1S/C11H15FN3O14P3/c1-3-11(12)7(16)6(26-8(11)15-4-13-9(17)14-10(15)18)5(2)27-31(22,23)29-32(24,25)28-30(19,20)21/h1,4-8,16H,2H3,(H,22,23)(H,24,25)(H,14,17,18)(H2,19,20,21)/t5-,6+,7-,8+,11?/m0/s1. The molecule has 6 N–H and O–H groups in total. The van der Waals surface area contributed by atoms with E-state index in [9.17, 15) is 33.3 Å². The number of aliphatic hydroxyl groups is 1. The van der Waals surface area contributed by atoms with Crippen LogP contribution in [0.25, 0.3) is 0 Å². The Morgan fingerprint density at radius 2 is 1.88 bits per heavy atom. The third-order valence-corrected chi connectivity index (χ3v) is 7.71. The smallest absolute Gasteiger partial charge is 0.386 e. The molecule has 0 amide bonds. The van der Waals surface area contributed by atoms with Crippen molar-refractivity contribution in [1.29, 1.82) is 0 Å². The Labute approximate surface area is 176 Å². The van der Waals surface area contributed by atoms with Crippen LogP contribution in [-0.2, 0) is 31.6 Å². The van der Waals surface area contributed by atoms with Crippen LogP contribution < -0.4 is 11.4 Å². The number of aromatic nitrogens is 3. The predicted octanol–water partition coefficient (Wildman–Crippen LogP) is -1.74. The van der Waals surface area contributed by atoms with Crippen LogP contribution in [0.4, 0.5) is 4.39 Å². The summed E-state index contributed by atoms with van der Waals surface area (Å²) in [5, 5.41) is 10.3. The first-order valence-corrected chi connectivity index (χ1v) is 12.4. The lowest BCUT2D eigenvalue weighted by atomic mass is 9.95. The highest BCUT2D eigenvalue weighted by Gasteiger charge is 2.60. The van der Waals surface area contributed by atoms with Gasteiger partial charge in [-0.25, -0.2) is 27.7 Å². The molecule has 2 heterocycles. The minimum atomic E-state index is -5.84. The van der Waals surface area contributed by atoms with Crippen LogP contribution in [-0.4, -0.2) is 63.2 Å². The Morgan fingerprint density at radius 1 is 1.28 bits per heavy atom. The lowest BCUT2D eigenvalue weighted by molar-refractivity contribution is -0.0784. The highest BCUT2D eigenvalue weighted by atomic mass is 31.3. The summed E-state index contributed by atoms with van der Waals surface area (Å²) in [6.45, 7) is 0.888. The molecule has 1 fully saturated rings. The average Bonchev–Trinajstić information content (AvgIpc) is 2.84. The number of phosphoric acid groups is 3. The molecule has 0 radical (unpaired) electrons. The SMILES string of the molecule is C#CC1(F)[C@@H](O)[C@@H]([C@H](C)OP(=O)(O)OP(=O)(O)OP(=O)(O)O)O[C@H]1n1cnc(=O)[nH]c1=O. The summed E-state index contributed by atoms with van der Waals surface area (Å²) in [5.41, 5.74) is -5.49. The number of hydrogen-bond donors (Lipinski definition) is 6. The minimum absolute atomic E-state index is 0.377. The van der Waals surface area contributed by atoms with Gasteiger partial charge in [0.15, 0.2) is 6.23 Å². The zero-order valence-corrected chi connectivity index (χ0v) is 18.2. The Morgan fingerprint density at radius 3 is 2.38 bits per heavy atom. The third kappa shape index (κ3) is 6.06. The van der Waals surface area contributed by atoms with Crippen molar-refractivity contribution in [1.82, 2.24) is 14.5 Å². The van der Waals surface area contributed by atoms with E-state index in [1.165, 1.54) is 0 Å². The number of aromatic amines is 1. The molecule has 3 unspecified atom stereocenters. The molecule has 1 aliphatic rings. The fraction of sp³-hybridized carbons (Fsp3) is 0.545. The van der Waals surface area contributed by atoms with E-state index in [0.29, 0.717) is 10.9 Å². The van der Waals surface area contributed by atoms with Gasteiger partial charge in [0.1, 0.15) is 18.5 Å². The molecule has 180 valence electrons. The summed E-state index contributed by atoms with van der Waals surface area (Å²) in [6.07, 6.45) is -2.59. The molecule has 1 aromatic heterocycles. The molecular weight excluding hydrogens is 510 g/mol. The van der Waals surface area contributed by atoms with Gasteiger partial charge in [0, 0.05) is 0 Å². The van der Waals surface area contributed by atoms with Crippen molar-refractivity contribution < 1.29 is 60.6 Å². The van der Waals surface area contributed by atoms with Crippen LogP contribution in [0.2, 0.25) is 0 Å². The van der Waals surface area contributed by atoms with Crippen LogP contribution >= 0.6 is 23.5 Å². The van der Waals surface area contributed by atoms with E-state index in [1.54, 1.807) is 10.9 Å². The number of rotatable bonds is 8. The number of aliphatic hydroxyl groups excluding tert-OH is 1. The molecule has 0 aromatic carbocycles. The van der Waals surface area contributed by atoms with Crippen molar-refractivity contribution in [2.75, 3.05) is 0 Å². The number of hydrogen-bond acceptors (Lipinski definition) is 11. The number of halogens is 1. The number of nitrogens with zero attached hydrogens (tertiary/aromatic N) is 2. The Kier molecular flexibility index (Phi) is 7.50. The van der Waals surface area contributed by atoms with E-state index in [0.717, 1.165) is 6.92 Å².